The van der Waals surface area contributed by atoms with Gasteiger partial charge in [0.25, 0.3) is 0 Å². The highest BCUT2D eigenvalue weighted by Crippen LogP contribution is 2.27. The van der Waals surface area contributed by atoms with Crippen LogP contribution in [0.4, 0.5) is 0 Å². The maximum Gasteiger partial charge on any atom is 0.0591 e. The molecule has 1 N–H and O–H groups in total. The van der Waals surface area contributed by atoms with Crippen molar-refractivity contribution in [3.05, 3.63) is 12.7 Å². The molecule has 2 nitrogen and oxygen atoms in total. The molecule has 0 aromatic heterocycles. The Morgan fingerprint density at radius 3 is 2.12 bits per heavy atom. The average molecular weight is 227 g/mol. The van der Waals surface area contributed by atoms with Crippen LogP contribution in [-0.4, -0.2) is 35.7 Å². The average Bonchev–Trinajstić information content (AvgIpc) is 2.15. The van der Waals surface area contributed by atoms with Gasteiger partial charge in [-0.3, -0.25) is 4.90 Å². The largest absolute Gasteiger partial charge is 0.395 e. The molecule has 0 aliphatic rings. The molecule has 0 aliphatic heterocycles. The second-order valence-electron chi connectivity index (χ2n) is 5.97. The number of hydrogen-bond donors (Lipinski definition) is 1. The molecule has 16 heavy (non-hydrogen) atoms. The van der Waals surface area contributed by atoms with E-state index in [2.05, 4.69) is 53.1 Å². The summed E-state index contributed by atoms with van der Waals surface area (Å²) < 4.78 is 0. The van der Waals surface area contributed by atoms with E-state index in [-0.39, 0.29) is 18.1 Å². The Morgan fingerprint density at radius 1 is 1.31 bits per heavy atom. The topological polar surface area (TPSA) is 23.5 Å². The Labute approximate surface area is 101 Å². The summed E-state index contributed by atoms with van der Waals surface area (Å²) in [7, 11) is 2.11. The summed E-state index contributed by atoms with van der Waals surface area (Å²) in [5.74, 6) is 0.568. The van der Waals surface area contributed by atoms with Crippen molar-refractivity contribution in [3.8, 4) is 0 Å². The van der Waals surface area contributed by atoms with Crippen LogP contribution in [-0.2, 0) is 0 Å². The molecule has 96 valence electrons. The molecule has 2 heteroatoms. The maximum atomic E-state index is 9.53. The lowest BCUT2D eigenvalue weighted by Gasteiger charge is -2.42. The summed E-state index contributed by atoms with van der Waals surface area (Å²) >= 11 is 0. The number of aliphatic hydroxyl groups is 1. The standard InChI is InChI=1S/C14H29NO/c1-8-9-11(2)12(3)15(7)13(10-16)14(4,5)6/h8,11-13,16H,1,9-10H2,2-7H3. The Bertz CT molecular complexity index is 207. The molecule has 0 saturated heterocycles. The predicted octanol–water partition coefficient (Wildman–Crippen LogP) is 2.93. The van der Waals surface area contributed by atoms with Crippen LogP contribution in [0.1, 0.15) is 41.0 Å². The molecular formula is C14H29NO. The highest BCUT2D eigenvalue weighted by atomic mass is 16.3. The van der Waals surface area contributed by atoms with Crippen LogP contribution in [0.15, 0.2) is 12.7 Å². The fourth-order valence-corrected chi connectivity index (χ4v) is 2.16. The van der Waals surface area contributed by atoms with Gasteiger partial charge >= 0.3 is 0 Å². The Balaban J connectivity index is 4.61. The van der Waals surface area contributed by atoms with Crippen molar-refractivity contribution < 1.29 is 5.11 Å². The zero-order valence-electron chi connectivity index (χ0n) is 11.8. The first-order chi connectivity index (χ1) is 7.25. The van der Waals surface area contributed by atoms with Crippen molar-refractivity contribution in [1.82, 2.24) is 4.90 Å². The lowest BCUT2D eigenvalue weighted by molar-refractivity contribution is 0.0277. The van der Waals surface area contributed by atoms with Gasteiger partial charge in [0.05, 0.1) is 6.61 Å². The third-order valence-corrected chi connectivity index (χ3v) is 3.67. The van der Waals surface area contributed by atoms with Crippen molar-refractivity contribution in [3.63, 3.8) is 0 Å². The molecule has 0 radical (unpaired) electrons. The molecule has 0 aromatic rings. The lowest BCUT2D eigenvalue weighted by Crippen LogP contribution is -2.50. The zero-order chi connectivity index (χ0) is 12.9. The summed E-state index contributed by atoms with van der Waals surface area (Å²) in [5, 5.41) is 9.53. The van der Waals surface area contributed by atoms with Gasteiger partial charge in [0.1, 0.15) is 0 Å². The minimum absolute atomic E-state index is 0.103. The molecule has 3 unspecified atom stereocenters. The van der Waals surface area contributed by atoms with E-state index in [4.69, 9.17) is 0 Å². The first-order valence-corrected chi connectivity index (χ1v) is 6.19. The monoisotopic (exact) mass is 227 g/mol. The molecule has 0 spiro atoms. The molecule has 0 heterocycles. The first-order valence-electron chi connectivity index (χ1n) is 6.19. The summed E-state index contributed by atoms with van der Waals surface area (Å²) in [6.45, 7) is 15.0. The Hall–Kier alpha value is -0.340. The van der Waals surface area contributed by atoms with Crippen LogP contribution in [0.5, 0.6) is 0 Å². The van der Waals surface area contributed by atoms with E-state index >= 15 is 0 Å². The van der Waals surface area contributed by atoms with Crippen LogP contribution < -0.4 is 0 Å². The summed E-state index contributed by atoms with van der Waals surface area (Å²) in [5.41, 5.74) is 0.103. The van der Waals surface area contributed by atoms with E-state index < -0.39 is 0 Å². The van der Waals surface area contributed by atoms with Crippen LogP contribution in [0.25, 0.3) is 0 Å². The second-order valence-corrected chi connectivity index (χ2v) is 5.97. The third kappa shape index (κ3) is 4.26. The molecule has 0 saturated carbocycles. The SMILES string of the molecule is C=CCC(C)C(C)N(C)C(CO)C(C)(C)C. The van der Waals surface area contributed by atoms with Crippen molar-refractivity contribution in [1.29, 1.82) is 0 Å². The number of hydrogen-bond acceptors (Lipinski definition) is 2. The van der Waals surface area contributed by atoms with E-state index in [9.17, 15) is 5.11 Å². The third-order valence-electron chi connectivity index (χ3n) is 3.67. The minimum Gasteiger partial charge on any atom is -0.395 e. The number of likely N-dealkylation sites (N-methyl/N-ethyl adjacent to an activating group) is 1. The highest BCUT2D eigenvalue weighted by Gasteiger charge is 2.31. The van der Waals surface area contributed by atoms with Gasteiger partial charge in [-0.05, 0) is 31.7 Å². The van der Waals surface area contributed by atoms with E-state index in [1.54, 1.807) is 0 Å². The van der Waals surface area contributed by atoms with E-state index in [0.29, 0.717) is 12.0 Å². The first kappa shape index (κ1) is 15.7. The van der Waals surface area contributed by atoms with Crippen LogP contribution in [0, 0.1) is 11.3 Å². The number of rotatable bonds is 6. The van der Waals surface area contributed by atoms with Gasteiger partial charge in [-0.2, -0.15) is 0 Å². The van der Waals surface area contributed by atoms with Gasteiger partial charge in [0.2, 0.25) is 0 Å². The Kier molecular flexibility index (Phi) is 6.27. The van der Waals surface area contributed by atoms with Gasteiger partial charge in [0, 0.05) is 12.1 Å². The zero-order valence-corrected chi connectivity index (χ0v) is 11.8. The van der Waals surface area contributed by atoms with Gasteiger partial charge in [-0.25, -0.2) is 0 Å². The quantitative estimate of drug-likeness (QED) is 0.705. The molecule has 0 aliphatic carbocycles. The highest BCUT2D eigenvalue weighted by molar-refractivity contribution is 4.86. The van der Waals surface area contributed by atoms with E-state index in [1.165, 1.54) is 0 Å². The molecule has 0 fully saturated rings. The van der Waals surface area contributed by atoms with Crippen molar-refractivity contribution in [2.45, 2.75) is 53.1 Å². The minimum atomic E-state index is 0.103. The van der Waals surface area contributed by atoms with Gasteiger partial charge in [-0.1, -0.05) is 33.8 Å². The summed E-state index contributed by atoms with van der Waals surface area (Å²) in [6.07, 6.45) is 2.99. The molecule has 0 rings (SSSR count). The molecule has 0 amide bonds. The molecule has 0 bridgehead atoms. The van der Waals surface area contributed by atoms with Crippen LogP contribution >= 0.6 is 0 Å². The number of aliphatic hydroxyl groups excluding tert-OH is 1. The van der Waals surface area contributed by atoms with Gasteiger partial charge in [-0.15, -0.1) is 6.58 Å². The van der Waals surface area contributed by atoms with Crippen molar-refractivity contribution in [2.24, 2.45) is 11.3 Å². The molecular weight excluding hydrogens is 198 g/mol. The number of nitrogens with zero attached hydrogens (tertiary/aromatic N) is 1. The van der Waals surface area contributed by atoms with E-state index in [1.807, 2.05) is 6.08 Å². The summed E-state index contributed by atoms with van der Waals surface area (Å²) in [6, 6.07) is 0.657. The molecule has 0 aromatic carbocycles. The van der Waals surface area contributed by atoms with Crippen LogP contribution in [0.2, 0.25) is 0 Å². The maximum absolute atomic E-state index is 9.53. The molecule has 3 atom stereocenters. The van der Waals surface area contributed by atoms with Gasteiger partial charge in [0.15, 0.2) is 0 Å². The van der Waals surface area contributed by atoms with Crippen molar-refractivity contribution in [2.75, 3.05) is 13.7 Å². The fourth-order valence-electron chi connectivity index (χ4n) is 2.16. The smallest absolute Gasteiger partial charge is 0.0591 e. The van der Waals surface area contributed by atoms with Crippen LogP contribution in [0.3, 0.4) is 0 Å². The number of allylic oxidation sites excluding steroid dienone is 1. The predicted molar refractivity (Wildman–Crippen MR) is 71.5 cm³/mol. The fraction of sp³-hybridized carbons (Fsp3) is 0.857. The van der Waals surface area contributed by atoms with E-state index in [0.717, 1.165) is 6.42 Å². The van der Waals surface area contributed by atoms with Gasteiger partial charge < -0.3 is 5.11 Å². The second kappa shape index (κ2) is 6.41. The normalized spacial score (nSPS) is 18.2. The lowest BCUT2D eigenvalue weighted by atomic mass is 9.84. The Morgan fingerprint density at radius 2 is 1.81 bits per heavy atom. The van der Waals surface area contributed by atoms with Crippen molar-refractivity contribution >= 4 is 0 Å². The summed E-state index contributed by atoms with van der Waals surface area (Å²) in [4.78, 5) is 2.30.